The van der Waals surface area contributed by atoms with Crippen molar-refractivity contribution in [2.45, 2.75) is 17.6 Å². The predicted octanol–water partition coefficient (Wildman–Crippen LogP) is 2.03. The molecular weight excluding hydrogens is 320 g/mol. The van der Waals surface area contributed by atoms with Gasteiger partial charge in [0.15, 0.2) is 5.13 Å². The molecule has 0 radical (unpaired) electrons. The molecule has 0 saturated carbocycles. The van der Waals surface area contributed by atoms with Crippen molar-refractivity contribution < 1.29 is 17.9 Å². The van der Waals surface area contributed by atoms with Crippen LogP contribution in [0.3, 0.4) is 0 Å². The first-order valence-electron chi connectivity index (χ1n) is 5.52. The number of thiophene rings is 1. The number of hydrogen-bond acceptors (Lipinski definition) is 7. The lowest BCUT2D eigenvalue weighted by molar-refractivity contribution is -0.139. The van der Waals surface area contributed by atoms with Gasteiger partial charge in [0.2, 0.25) is 0 Å². The van der Waals surface area contributed by atoms with Crippen molar-refractivity contribution in [2.75, 3.05) is 11.8 Å². The van der Waals surface area contributed by atoms with E-state index in [1.165, 1.54) is 13.2 Å². The minimum atomic E-state index is -3.61. The minimum absolute atomic E-state index is 0.0841. The smallest absolute Gasteiger partial charge is 0.310 e. The van der Waals surface area contributed by atoms with Crippen LogP contribution in [0.4, 0.5) is 5.13 Å². The summed E-state index contributed by atoms with van der Waals surface area (Å²) in [6.07, 6.45) is 0.0841. The van der Waals surface area contributed by atoms with Crippen molar-refractivity contribution in [1.29, 1.82) is 0 Å². The van der Waals surface area contributed by atoms with Crippen LogP contribution in [-0.2, 0) is 26.0 Å². The van der Waals surface area contributed by atoms with Crippen molar-refractivity contribution in [1.82, 2.24) is 4.98 Å². The maximum absolute atomic E-state index is 12.0. The summed E-state index contributed by atoms with van der Waals surface area (Å²) in [5.74, 6) is -0.385. The van der Waals surface area contributed by atoms with Crippen LogP contribution in [0.2, 0.25) is 0 Å². The quantitative estimate of drug-likeness (QED) is 0.847. The summed E-state index contributed by atoms with van der Waals surface area (Å²) in [5, 5.41) is 1.93. The maximum atomic E-state index is 12.0. The Morgan fingerprint density at radius 2 is 2.25 bits per heavy atom. The molecule has 2 aromatic rings. The molecular formula is C11H12N2O4S3. The Bertz CT molecular complexity index is 704. The van der Waals surface area contributed by atoms with E-state index in [0.717, 1.165) is 22.7 Å². The van der Waals surface area contributed by atoms with Gasteiger partial charge in [0.1, 0.15) is 4.21 Å². The van der Waals surface area contributed by atoms with Crippen LogP contribution < -0.4 is 4.72 Å². The lowest BCUT2D eigenvalue weighted by Crippen LogP contribution is -2.11. The molecule has 0 spiro atoms. The molecule has 2 heterocycles. The zero-order chi connectivity index (χ0) is 14.8. The summed E-state index contributed by atoms with van der Waals surface area (Å²) < 4.78 is 31.3. The molecule has 0 amide bonds. The Morgan fingerprint density at radius 1 is 1.50 bits per heavy atom. The summed E-state index contributed by atoms with van der Waals surface area (Å²) in [6.45, 7) is 1.72. The zero-order valence-corrected chi connectivity index (χ0v) is 13.2. The molecule has 0 atom stereocenters. The molecule has 0 saturated heterocycles. The number of rotatable bonds is 5. The summed E-state index contributed by atoms with van der Waals surface area (Å²) in [6, 6.07) is 3.18. The first-order valence-corrected chi connectivity index (χ1v) is 8.70. The molecule has 0 unspecified atom stereocenters. The predicted molar refractivity (Wildman–Crippen MR) is 77.7 cm³/mol. The highest BCUT2D eigenvalue weighted by Gasteiger charge is 2.19. The molecule has 0 aliphatic rings. The monoisotopic (exact) mass is 332 g/mol. The van der Waals surface area contributed by atoms with Crippen LogP contribution >= 0.6 is 22.7 Å². The molecule has 0 fully saturated rings. The zero-order valence-electron chi connectivity index (χ0n) is 10.7. The fourth-order valence-electron chi connectivity index (χ4n) is 1.42. The molecule has 0 bridgehead atoms. The summed E-state index contributed by atoms with van der Waals surface area (Å²) in [4.78, 5) is 16.0. The Labute approximate surface area is 124 Å². The van der Waals surface area contributed by atoms with E-state index >= 15 is 0 Å². The van der Waals surface area contributed by atoms with E-state index in [0.29, 0.717) is 10.6 Å². The Balaban J connectivity index is 2.19. The van der Waals surface area contributed by atoms with Gasteiger partial charge in [-0.1, -0.05) is 6.07 Å². The molecule has 0 aromatic carbocycles. The normalized spacial score (nSPS) is 11.3. The Hall–Kier alpha value is -1.45. The standard InChI is InChI=1S/C11H12N2O4S3/c1-7-8(6-9(14)17-2)19-11(12-7)13-20(15,16)10-4-3-5-18-10/h3-5H,6H2,1-2H3,(H,12,13). The van der Waals surface area contributed by atoms with E-state index in [2.05, 4.69) is 14.4 Å². The van der Waals surface area contributed by atoms with Crippen LogP contribution in [0.5, 0.6) is 0 Å². The number of carbonyl (C=O) groups excluding carboxylic acids is 1. The van der Waals surface area contributed by atoms with Gasteiger partial charge in [-0.15, -0.1) is 22.7 Å². The van der Waals surface area contributed by atoms with E-state index in [-0.39, 0.29) is 21.7 Å². The molecule has 6 nitrogen and oxygen atoms in total. The Kier molecular flexibility index (Phi) is 4.41. The number of ether oxygens (including phenoxy) is 1. The number of carbonyl (C=O) groups is 1. The number of sulfonamides is 1. The van der Waals surface area contributed by atoms with E-state index in [1.807, 2.05) is 0 Å². The first-order chi connectivity index (χ1) is 9.42. The van der Waals surface area contributed by atoms with E-state index in [1.54, 1.807) is 18.4 Å². The average molecular weight is 332 g/mol. The topological polar surface area (TPSA) is 85.4 Å². The third-order valence-corrected chi connectivity index (χ3v) is 6.35. The SMILES string of the molecule is COC(=O)Cc1sc(NS(=O)(=O)c2cccs2)nc1C. The second kappa shape index (κ2) is 5.90. The average Bonchev–Trinajstić information content (AvgIpc) is 3.00. The maximum Gasteiger partial charge on any atom is 0.310 e. The highest BCUT2D eigenvalue weighted by molar-refractivity contribution is 7.94. The fourth-order valence-corrected chi connectivity index (χ4v) is 4.60. The number of nitrogens with zero attached hydrogens (tertiary/aromatic N) is 1. The number of hydrogen-bond donors (Lipinski definition) is 1. The van der Waals surface area contributed by atoms with E-state index < -0.39 is 10.0 Å². The Morgan fingerprint density at radius 3 is 2.85 bits per heavy atom. The van der Waals surface area contributed by atoms with Gasteiger partial charge in [-0.2, -0.15) is 0 Å². The van der Waals surface area contributed by atoms with Gasteiger partial charge >= 0.3 is 5.97 Å². The number of esters is 1. The lowest BCUT2D eigenvalue weighted by Gasteiger charge is -2.01. The van der Waals surface area contributed by atoms with Crippen molar-refractivity contribution in [3.05, 3.63) is 28.1 Å². The van der Waals surface area contributed by atoms with Gasteiger partial charge in [-0.05, 0) is 18.4 Å². The molecule has 0 aliphatic carbocycles. The van der Waals surface area contributed by atoms with Crippen LogP contribution in [0.25, 0.3) is 0 Å². The lowest BCUT2D eigenvalue weighted by atomic mass is 10.3. The van der Waals surface area contributed by atoms with Crippen molar-refractivity contribution in [3.63, 3.8) is 0 Å². The number of aryl methyl sites for hydroxylation is 1. The van der Waals surface area contributed by atoms with Gasteiger partial charge < -0.3 is 4.74 Å². The van der Waals surface area contributed by atoms with Crippen LogP contribution in [0.1, 0.15) is 10.6 Å². The van der Waals surface area contributed by atoms with Gasteiger partial charge in [0, 0.05) is 4.88 Å². The van der Waals surface area contributed by atoms with E-state index in [9.17, 15) is 13.2 Å². The van der Waals surface area contributed by atoms with Gasteiger partial charge in [0.25, 0.3) is 10.0 Å². The second-order valence-electron chi connectivity index (χ2n) is 3.82. The first kappa shape index (κ1) is 14.9. The van der Waals surface area contributed by atoms with Gasteiger partial charge in [0.05, 0.1) is 19.2 Å². The van der Waals surface area contributed by atoms with E-state index in [4.69, 9.17) is 0 Å². The van der Waals surface area contributed by atoms with Crippen LogP contribution in [0.15, 0.2) is 21.7 Å². The summed E-state index contributed by atoms with van der Waals surface area (Å²) in [7, 11) is -2.30. The highest BCUT2D eigenvalue weighted by atomic mass is 32.2. The third-order valence-electron chi connectivity index (χ3n) is 2.41. The molecule has 2 aromatic heterocycles. The van der Waals surface area contributed by atoms with Crippen molar-refractivity contribution in [2.24, 2.45) is 0 Å². The molecule has 20 heavy (non-hydrogen) atoms. The van der Waals surface area contributed by atoms with Crippen LogP contribution in [0, 0.1) is 6.92 Å². The number of nitrogens with one attached hydrogen (secondary N) is 1. The van der Waals surface area contributed by atoms with Crippen LogP contribution in [-0.4, -0.2) is 26.5 Å². The van der Waals surface area contributed by atoms with Crippen molar-refractivity contribution >= 4 is 43.8 Å². The molecule has 9 heteroatoms. The molecule has 108 valence electrons. The summed E-state index contributed by atoms with van der Waals surface area (Å²) >= 11 is 2.26. The minimum Gasteiger partial charge on any atom is -0.469 e. The summed E-state index contributed by atoms with van der Waals surface area (Å²) in [5.41, 5.74) is 0.615. The van der Waals surface area contributed by atoms with Gasteiger partial charge in [-0.3, -0.25) is 9.52 Å². The third kappa shape index (κ3) is 3.35. The fraction of sp³-hybridized carbons (Fsp3) is 0.273. The number of anilines is 1. The number of aromatic nitrogens is 1. The largest absolute Gasteiger partial charge is 0.469 e. The molecule has 1 N–H and O–H groups in total. The number of methoxy groups -OCH3 is 1. The number of thiazole rings is 1. The van der Waals surface area contributed by atoms with Gasteiger partial charge in [-0.25, -0.2) is 13.4 Å². The second-order valence-corrected chi connectivity index (χ2v) is 7.76. The highest BCUT2D eigenvalue weighted by Crippen LogP contribution is 2.26. The molecule has 0 aliphatic heterocycles. The molecule has 2 rings (SSSR count). The van der Waals surface area contributed by atoms with Crippen molar-refractivity contribution in [3.8, 4) is 0 Å².